The monoisotopic (exact) mass is 247 g/mol. The third-order valence-electron chi connectivity index (χ3n) is 2.06. The van der Waals surface area contributed by atoms with Gasteiger partial charge in [0.2, 0.25) is 0 Å². The molecule has 88 valence electrons. The van der Waals surface area contributed by atoms with Gasteiger partial charge in [-0.25, -0.2) is 19.9 Å². The Labute approximate surface area is 104 Å². The Morgan fingerprint density at radius 1 is 1.24 bits per heavy atom. The first-order valence-corrected chi connectivity index (χ1v) is 6.14. The number of nitrogens with one attached hydrogen (secondary N) is 1. The van der Waals surface area contributed by atoms with Crippen molar-refractivity contribution in [1.82, 2.24) is 19.9 Å². The van der Waals surface area contributed by atoms with Crippen LogP contribution in [0.2, 0.25) is 0 Å². The first-order valence-electron chi connectivity index (χ1n) is 5.32. The maximum absolute atomic E-state index is 4.43. The van der Waals surface area contributed by atoms with Gasteiger partial charge in [-0.2, -0.15) is 0 Å². The zero-order valence-corrected chi connectivity index (χ0v) is 10.5. The number of anilines is 1. The molecule has 0 saturated carbocycles. The van der Waals surface area contributed by atoms with E-state index in [1.54, 1.807) is 18.5 Å². The largest absolute Gasteiger partial charge is 0.373 e. The van der Waals surface area contributed by atoms with Gasteiger partial charge in [-0.15, -0.1) is 0 Å². The number of hydrogen-bond acceptors (Lipinski definition) is 6. The number of rotatable bonds is 4. The minimum atomic E-state index is 0.690. The molecule has 0 atom stereocenters. The van der Waals surface area contributed by atoms with Gasteiger partial charge in [0.05, 0.1) is 0 Å². The normalized spacial score (nSPS) is 10.2. The second kappa shape index (κ2) is 5.58. The maximum Gasteiger partial charge on any atom is 0.193 e. The van der Waals surface area contributed by atoms with Crippen molar-refractivity contribution in [3.05, 3.63) is 30.4 Å². The van der Waals surface area contributed by atoms with E-state index < -0.39 is 0 Å². The third-order valence-corrected chi connectivity index (χ3v) is 2.87. The van der Waals surface area contributed by atoms with Gasteiger partial charge in [0.1, 0.15) is 16.7 Å². The molecule has 0 unspecified atom stereocenters. The number of nitrogens with zero attached hydrogens (tertiary/aromatic N) is 4. The smallest absolute Gasteiger partial charge is 0.193 e. The number of aryl methyl sites for hydroxylation is 1. The zero-order valence-electron chi connectivity index (χ0n) is 9.71. The van der Waals surface area contributed by atoms with Crippen LogP contribution < -0.4 is 5.32 Å². The van der Waals surface area contributed by atoms with Crippen LogP contribution in [0.5, 0.6) is 0 Å². The van der Waals surface area contributed by atoms with E-state index in [-0.39, 0.29) is 0 Å². The molecule has 0 radical (unpaired) electrons. The fraction of sp³-hybridized carbons (Fsp3) is 0.273. The Bertz CT molecular complexity index is 466. The lowest BCUT2D eigenvalue weighted by atomic mass is 10.4. The highest BCUT2D eigenvalue weighted by molar-refractivity contribution is 7.99. The molecule has 0 bridgehead atoms. The van der Waals surface area contributed by atoms with Crippen LogP contribution in [0, 0.1) is 0 Å². The quantitative estimate of drug-likeness (QED) is 0.658. The average molecular weight is 247 g/mol. The summed E-state index contributed by atoms with van der Waals surface area (Å²) in [7, 11) is 1.84. The van der Waals surface area contributed by atoms with Crippen molar-refractivity contribution in [3.8, 4) is 0 Å². The van der Waals surface area contributed by atoms with Crippen molar-refractivity contribution < 1.29 is 0 Å². The Morgan fingerprint density at radius 3 is 2.65 bits per heavy atom. The molecule has 0 aliphatic rings. The summed E-state index contributed by atoms with van der Waals surface area (Å²) < 4.78 is 0. The summed E-state index contributed by atoms with van der Waals surface area (Å²) in [4.78, 5) is 17.1. The maximum atomic E-state index is 4.43. The van der Waals surface area contributed by atoms with E-state index in [2.05, 4.69) is 25.3 Å². The Kier molecular flexibility index (Phi) is 3.87. The van der Waals surface area contributed by atoms with Gasteiger partial charge in [0.25, 0.3) is 0 Å². The Morgan fingerprint density at radius 2 is 2.00 bits per heavy atom. The lowest BCUT2D eigenvalue weighted by molar-refractivity contribution is 0.885. The second-order valence-electron chi connectivity index (χ2n) is 3.24. The van der Waals surface area contributed by atoms with Gasteiger partial charge in [-0.3, -0.25) is 0 Å². The summed E-state index contributed by atoms with van der Waals surface area (Å²) in [6.45, 7) is 2.03. The van der Waals surface area contributed by atoms with Gasteiger partial charge < -0.3 is 5.32 Å². The van der Waals surface area contributed by atoms with Crippen LogP contribution in [0.4, 0.5) is 5.82 Å². The van der Waals surface area contributed by atoms with Crippen LogP contribution >= 0.6 is 11.8 Å². The van der Waals surface area contributed by atoms with Crippen molar-refractivity contribution >= 4 is 17.6 Å². The van der Waals surface area contributed by atoms with Crippen molar-refractivity contribution in [2.75, 3.05) is 12.4 Å². The van der Waals surface area contributed by atoms with Crippen LogP contribution in [0.3, 0.4) is 0 Å². The zero-order chi connectivity index (χ0) is 12.1. The van der Waals surface area contributed by atoms with E-state index in [0.29, 0.717) is 5.16 Å². The van der Waals surface area contributed by atoms with Gasteiger partial charge in [-0.1, -0.05) is 6.92 Å². The van der Waals surface area contributed by atoms with Crippen LogP contribution in [-0.4, -0.2) is 27.0 Å². The van der Waals surface area contributed by atoms with Gasteiger partial charge in [0.15, 0.2) is 5.16 Å². The van der Waals surface area contributed by atoms with Crippen LogP contribution in [0.1, 0.15) is 12.7 Å². The van der Waals surface area contributed by atoms with E-state index in [9.17, 15) is 0 Å². The molecule has 2 heterocycles. The molecule has 0 fully saturated rings. The molecule has 5 nitrogen and oxygen atoms in total. The first-order chi connectivity index (χ1) is 8.31. The highest BCUT2D eigenvalue weighted by Crippen LogP contribution is 2.23. The Hall–Kier alpha value is -1.69. The highest BCUT2D eigenvalue weighted by Gasteiger charge is 2.05. The molecule has 0 aliphatic carbocycles. The molecule has 6 heteroatoms. The summed E-state index contributed by atoms with van der Waals surface area (Å²) in [5, 5.41) is 4.57. The number of aromatic nitrogens is 4. The predicted octanol–water partition coefficient (Wildman–Crippen LogP) is 2.02. The molecule has 1 N–H and O–H groups in total. The van der Waals surface area contributed by atoms with E-state index in [0.717, 1.165) is 23.1 Å². The molecule has 0 saturated heterocycles. The lowest BCUT2D eigenvalue weighted by Crippen LogP contribution is -2.00. The first kappa shape index (κ1) is 11.8. The number of hydrogen-bond donors (Lipinski definition) is 1. The molecule has 0 aromatic carbocycles. The average Bonchev–Trinajstić information content (AvgIpc) is 2.39. The van der Waals surface area contributed by atoms with Crippen molar-refractivity contribution in [3.63, 3.8) is 0 Å². The Balaban J connectivity index is 2.26. The van der Waals surface area contributed by atoms with Gasteiger partial charge in [-0.05, 0) is 17.8 Å². The molecular weight excluding hydrogens is 234 g/mol. The summed E-state index contributed by atoms with van der Waals surface area (Å²) in [6, 6.07) is 3.68. The molecule has 17 heavy (non-hydrogen) atoms. The molecule has 0 spiro atoms. The van der Waals surface area contributed by atoms with Gasteiger partial charge >= 0.3 is 0 Å². The minimum absolute atomic E-state index is 0.690. The SMILES string of the molecule is CCc1nc(NC)cc(Sc2ncccn2)n1. The molecule has 0 amide bonds. The molecule has 2 aromatic heterocycles. The van der Waals surface area contributed by atoms with E-state index in [1.807, 2.05) is 20.0 Å². The molecular formula is C11H13N5S. The fourth-order valence-electron chi connectivity index (χ4n) is 1.24. The summed E-state index contributed by atoms with van der Waals surface area (Å²) >= 11 is 1.43. The van der Waals surface area contributed by atoms with Crippen molar-refractivity contribution in [1.29, 1.82) is 0 Å². The van der Waals surface area contributed by atoms with Crippen molar-refractivity contribution in [2.24, 2.45) is 0 Å². The predicted molar refractivity (Wildman–Crippen MR) is 67.1 cm³/mol. The second-order valence-corrected chi connectivity index (χ2v) is 4.23. The standard InChI is InChI=1S/C11H13N5S/c1-3-8-15-9(12-2)7-10(16-8)17-11-13-5-4-6-14-11/h4-7H,3H2,1-2H3,(H,12,15,16). The topological polar surface area (TPSA) is 63.6 Å². The van der Waals surface area contributed by atoms with Crippen LogP contribution in [0.25, 0.3) is 0 Å². The molecule has 2 rings (SSSR count). The van der Waals surface area contributed by atoms with Crippen molar-refractivity contribution in [2.45, 2.75) is 23.5 Å². The summed E-state index contributed by atoms with van der Waals surface area (Å²) in [5.74, 6) is 1.63. The fourth-order valence-corrected chi connectivity index (χ4v) is 1.98. The van der Waals surface area contributed by atoms with Crippen LogP contribution in [-0.2, 0) is 6.42 Å². The van der Waals surface area contributed by atoms with E-state index in [4.69, 9.17) is 0 Å². The van der Waals surface area contributed by atoms with E-state index >= 15 is 0 Å². The van der Waals surface area contributed by atoms with E-state index in [1.165, 1.54) is 11.8 Å². The summed E-state index contributed by atoms with van der Waals surface area (Å²) in [5.41, 5.74) is 0. The molecule has 2 aromatic rings. The van der Waals surface area contributed by atoms with Crippen LogP contribution in [0.15, 0.2) is 34.7 Å². The summed E-state index contributed by atoms with van der Waals surface area (Å²) in [6.07, 6.45) is 4.24. The minimum Gasteiger partial charge on any atom is -0.373 e. The van der Waals surface area contributed by atoms with Gasteiger partial charge in [0, 0.05) is 31.9 Å². The lowest BCUT2D eigenvalue weighted by Gasteiger charge is -2.05. The molecule has 0 aliphatic heterocycles. The highest BCUT2D eigenvalue weighted by atomic mass is 32.2. The third kappa shape index (κ3) is 3.13.